The SMILES string of the molecule is CCCCc1ccc(S(=O)(=O)N=[PH](c2ccccc2)c2ccccc2)cc1. The number of benzene rings is 3. The van der Waals surface area contributed by atoms with Crippen LogP contribution < -0.4 is 10.6 Å². The Bertz CT molecular complexity index is 958. The average Bonchev–Trinajstić information content (AvgIpc) is 2.72. The normalized spacial score (nSPS) is 11.5. The lowest BCUT2D eigenvalue weighted by molar-refractivity contribution is 0.598. The van der Waals surface area contributed by atoms with Crippen molar-refractivity contribution in [3.8, 4) is 0 Å². The summed E-state index contributed by atoms with van der Waals surface area (Å²) < 4.78 is 30.3. The Morgan fingerprint density at radius 2 is 1.30 bits per heavy atom. The van der Waals surface area contributed by atoms with Gasteiger partial charge in [-0.05, 0) is 41.1 Å². The molecule has 0 radical (unpaired) electrons. The first-order chi connectivity index (χ1) is 13.1. The molecule has 3 aromatic rings. The molecule has 0 saturated heterocycles. The minimum absolute atomic E-state index is 0.261. The maximum Gasteiger partial charge on any atom is 0.281 e. The molecule has 3 rings (SSSR count). The van der Waals surface area contributed by atoms with Crippen LogP contribution in [-0.2, 0) is 16.4 Å². The highest BCUT2D eigenvalue weighted by molar-refractivity contribution is 7.94. The lowest BCUT2D eigenvalue weighted by Crippen LogP contribution is -2.08. The van der Waals surface area contributed by atoms with E-state index in [1.54, 1.807) is 12.1 Å². The van der Waals surface area contributed by atoms with Crippen LogP contribution in [0.15, 0.2) is 94.0 Å². The molecule has 0 aromatic heterocycles. The standard InChI is InChI=1S/C22H24NO2PS/c1-2-3-10-19-15-17-22(18-16-19)27(24,25)23-26(20-11-6-4-7-12-20)21-13-8-5-9-14-21/h4-9,11-18,26H,2-3,10H2,1H3. The number of sulfonamides is 1. The highest BCUT2D eigenvalue weighted by Crippen LogP contribution is 2.29. The largest absolute Gasteiger partial charge is 0.281 e. The number of hydrogen-bond acceptors (Lipinski definition) is 2. The van der Waals surface area contributed by atoms with Crippen LogP contribution in [0.25, 0.3) is 0 Å². The first kappa shape index (κ1) is 19.6. The minimum Gasteiger partial charge on any atom is -0.199 e. The van der Waals surface area contributed by atoms with Gasteiger partial charge in [0.1, 0.15) is 0 Å². The molecule has 0 heterocycles. The zero-order valence-corrected chi connectivity index (χ0v) is 17.2. The predicted octanol–water partition coefficient (Wildman–Crippen LogP) is 4.77. The second kappa shape index (κ2) is 9.16. The second-order valence-electron chi connectivity index (χ2n) is 6.39. The highest BCUT2D eigenvalue weighted by Gasteiger charge is 2.15. The molecule has 27 heavy (non-hydrogen) atoms. The fourth-order valence-corrected chi connectivity index (χ4v) is 6.90. The van der Waals surface area contributed by atoms with Gasteiger partial charge in [-0.1, -0.05) is 86.1 Å². The van der Waals surface area contributed by atoms with Crippen molar-refractivity contribution in [2.24, 2.45) is 4.15 Å². The summed E-state index contributed by atoms with van der Waals surface area (Å²) in [5, 5.41) is 1.91. The van der Waals surface area contributed by atoms with Gasteiger partial charge >= 0.3 is 0 Å². The van der Waals surface area contributed by atoms with E-state index in [9.17, 15) is 8.42 Å². The topological polar surface area (TPSA) is 46.5 Å². The summed E-state index contributed by atoms with van der Waals surface area (Å²) in [7, 11) is -5.51. The smallest absolute Gasteiger partial charge is 0.199 e. The van der Waals surface area contributed by atoms with Gasteiger partial charge < -0.3 is 0 Å². The number of unbranched alkanes of at least 4 members (excludes halogenated alkanes) is 1. The third-order valence-corrected chi connectivity index (χ3v) is 8.67. The molecule has 0 unspecified atom stereocenters. The van der Waals surface area contributed by atoms with E-state index in [0.717, 1.165) is 35.4 Å². The van der Waals surface area contributed by atoms with Crippen LogP contribution in [0.2, 0.25) is 0 Å². The quantitative estimate of drug-likeness (QED) is 0.539. The van der Waals surface area contributed by atoms with Crippen molar-refractivity contribution in [3.05, 3.63) is 90.5 Å². The molecule has 140 valence electrons. The van der Waals surface area contributed by atoms with E-state index in [-0.39, 0.29) is 4.90 Å². The lowest BCUT2D eigenvalue weighted by atomic mass is 10.1. The molecule has 0 amide bonds. The van der Waals surface area contributed by atoms with Crippen LogP contribution in [0.4, 0.5) is 0 Å². The van der Waals surface area contributed by atoms with Gasteiger partial charge in [-0.3, -0.25) is 0 Å². The molecular weight excluding hydrogens is 373 g/mol. The number of nitrogens with zero attached hydrogens (tertiary/aromatic N) is 1. The van der Waals surface area contributed by atoms with Gasteiger partial charge in [0.15, 0.2) is 0 Å². The number of rotatable bonds is 7. The molecule has 0 aliphatic rings. The van der Waals surface area contributed by atoms with Crippen LogP contribution >= 0.6 is 7.71 Å². The van der Waals surface area contributed by atoms with Gasteiger partial charge in [0.05, 0.1) is 4.90 Å². The van der Waals surface area contributed by atoms with Crippen LogP contribution in [-0.4, -0.2) is 8.42 Å². The monoisotopic (exact) mass is 397 g/mol. The van der Waals surface area contributed by atoms with Crippen LogP contribution in [0.1, 0.15) is 25.3 Å². The average molecular weight is 397 g/mol. The Hall–Kier alpha value is -2.16. The fourth-order valence-electron chi connectivity index (χ4n) is 2.85. The van der Waals surface area contributed by atoms with Crippen molar-refractivity contribution in [2.75, 3.05) is 0 Å². The van der Waals surface area contributed by atoms with Crippen LogP contribution in [0.3, 0.4) is 0 Å². The number of hydrogen-bond donors (Lipinski definition) is 0. The molecule has 0 atom stereocenters. The summed E-state index contributed by atoms with van der Waals surface area (Å²) in [4.78, 5) is 0.261. The Morgan fingerprint density at radius 3 is 1.78 bits per heavy atom. The van der Waals surface area contributed by atoms with E-state index in [0.29, 0.717) is 0 Å². The Morgan fingerprint density at radius 1 is 0.778 bits per heavy atom. The van der Waals surface area contributed by atoms with Crippen molar-refractivity contribution in [1.29, 1.82) is 0 Å². The van der Waals surface area contributed by atoms with E-state index in [1.165, 1.54) is 0 Å². The molecule has 3 aromatic carbocycles. The summed E-state index contributed by atoms with van der Waals surface area (Å²) in [6.45, 7) is 2.15. The van der Waals surface area contributed by atoms with Crippen molar-refractivity contribution in [1.82, 2.24) is 0 Å². The lowest BCUT2D eigenvalue weighted by Gasteiger charge is -2.10. The molecule has 3 nitrogen and oxygen atoms in total. The molecule has 0 fully saturated rings. The highest BCUT2D eigenvalue weighted by atomic mass is 32.2. The molecule has 0 saturated carbocycles. The summed E-state index contributed by atoms with van der Waals surface area (Å²) >= 11 is 0. The first-order valence-electron chi connectivity index (χ1n) is 9.15. The third-order valence-electron chi connectivity index (χ3n) is 4.35. The van der Waals surface area contributed by atoms with E-state index >= 15 is 0 Å². The molecule has 0 aliphatic heterocycles. The summed E-state index contributed by atoms with van der Waals surface area (Å²) in [5.41, 5.74) is 1.16. The van der Waals surface area contributed by atoms with Crippen molar-refractivity contribution in [3.63, 3.8) is 0 Å². The molecule has 0 spiro atoms. The second-order valence-corrected chi connectivity index (χ2v) is 10.4. The Balaban J connectivity index is 2.01. The molecule has 0 bridgehead atoms. The molecular formula is C22H24NO2PS. The zero-order valence-electron chi connectivity index (χ0n) is 15.4. The molecule has 0 N–H and O–H groups in total. The fraction of sp³-hybridized carbons (Fsp3) is 0.182. The Kier molecular flexibility index (Phi) is 6.65. The third kappa shape index (κ3) is 5.18. The van der Waals surface area contributed by atoms with Crippen molar-refractivity contribution >= 4 is 28.3 Å². The van der Waals surface area contributed by atoms with Crippen LogP contribution in [0.5, 0.6) is 0 Å². The summed E-state index contributed by atoms with van der Waals surface area (Å²) in [6, 6.07) is 26.5. The summed E-state index contributed by atoms with van der Waals surface area (Å²) in [5.74, 6) is 0. The molecule has 5 heteroatoms. The van der Waals surface area contributed by atoms with Gasteiger partial charge in [0.2, 0.25) is 0 Å². The predicted molar refractivity (Wildman–Crippen MR) is 115 cm³/mol. The van der Waals surface area contributed by atoms with E-state index in [2.05, 4.69) is 11.1 Å². The van der Waals surface area contributed by atoms with E-state index < -0.39 is 17.7 Å². The maximum absolute atomic E-state index is 13.0. The maximum atomic E-state index is 13.0. The van der Waals surface area contributed by atoms with E-state index in [4.69, 9.17) is 0 Å². The van der Waals surface area contributed by atoms with Crippen molar-refractivity contribution < 1.29 is 8.42 Å². The first-order valence-corrected chi connectivity index (χ1v) is 12.0. The van der Waals surface area contributed by atoms with Gasteiger partial charge in [0.25, 0.3) is 10.0 Å². The van der Waals surface area contributed by atoms with Gasteiger partial charge in [-0.25, -0.2) is 0 Å². The van der Waals surface area contributed by atoms with E-state index in [1.807, 2.05) is 72.8 Å². The van der Waals surface area contributed by atoms with Crippen LogP contribution in [0, 0.1) is 0 Å². The number of aryl methyl sites for hydroxylation is 1. The summed E-state index contributed by atoms with van der Waals surface area (Å²) in [6.07, 6.45) is 3.19. The van der Waals surface area contributed by atoms with Crippen molar-refractivity contribution in [2.45, 2.75) is 31.1 Å². The zero-order chi connectivity index (χ0) is 19.1. The molecule has 0 aliphatic carbocycles. The van der Waals surface area contributed by atoms with Gasteiger partial charge in [-0.2, -0.15) is 12.6 Å². The minimum atomic E-state index is -3.72. The Labute approximate surface area is 162 Å². The van der Waals surface area contributed by atoms with Gasteiger partial charge in [0, 0.05) is 7.71 Å². The van der Waals surface area contributed by atoms with Gasteiger partial charge in [-0.15, -0.1) is 0 Å².